The second-order valence-corrected chi connectivity index (χ2v) is 6.36. The number of ether oxygens (including phenoxy) is 3. The molecule has 0 spiro atoms. The van der Waals surface area contributed by atoms with Crippen LogP contribution in [0.3, 0.4) is 0 Å². The van der Waals surface area contributed by atoms with Gasteiger partial charge in [0.25, 0.3) is 0 Å². The van der Waals surface area contributed by atoms with Crippen molar-refractivity contribution in [2.45, 2.75) is 33.6 Å². The van der Waals surface area contributed by atoms with Gasteiger partial charge >= 0.3 is 5.97 Å². The summed E-state index contributed by atoms with van der Waals surface area (Å²) in [6.07, 6.45) is 0.834. The molecule has 0 fully saturated rings. The van der Waals surface area contributed by atoms with Crippen molar-refractivity contribution < 1.29 is 23.8 Å². The number of rotatable bonds is 6. The molecule has 2 heterocycles. The minimum absolute atomic E-state index is 0.107. The van der Waals surface area contributed by atoms with Crippen LogP contribution in [-0.2, 0) is 16.0 Å². The number of aromatic nitrogens is 1. The number of aromatic amines is 1. The molecule has 1 aromatic heterocycles. The van der Waals surface area contributed by atoms with Crippen LogP contribution >= 0.6 is 0 Å². The number of nitrogens with one attached hydrogen (secondary N) is 2. The molecule has 7 heteroatoms. The van der Waals surface area contributed by atoms with Crippen LogP contribution < -0.4 is 14.8 Å². The number of carbonyl (C=O) groups is 2. The maximum absolute atomic E-state index is 12.3. The predicted octanol–water partition coefficient (Wildman–Crippen LogP) is 3.15. The summed E-state index contributed by atoms with van der Waals surface area (Å²) in [7, 11) is 0. The molecule has 1 aliphatic rings. The second kappa shape index (κ2) is 8.16. The number of benzene rings is 1. The highest BCUT2D eigenvalue weighted by Gasteiger charge is 2.19. The van der Waals surface area contributed by atoms with Gasteiger partial charge in [-0.25, -0.2) is 4.79 Å². The number of hydrogen-bond donors (Lipinski definition) is 2. The third-order valence-electron chi connectivity index (χ3n) is 4.50. The van der Waals surface area contributed by atoms with Crippen molar-refractivity contribution in [2.75, 3.05) is 25.1 Å². The lowest BCUT2D eigenvalue weighted by Gasteiger charge is -2.19. The summed E-state index contributed by atoms with van der Waals surface area (Å²) in [6, 6.07) is 5.34. The molecule has 144 valence electrons. The van der Waals surface area contributed by atoms with Gasteiger partial charge in [0.05, 0.1) is 6.61 Å². The molecule has 0 aliphatic carbocycles. The first-order chi connectivity index (χ1) is 13.0. The zero-order chi connectivity index (χ0) is 19.4. The van der Waals surface area contributed by atoms with Crippen molar-refractivity contribution in [3.05, 3.63) is 40.7 Å². The third-order valence-corrected chi connectivity index (χ3v) is 4.50. The van der Waals surface area contributed by atoms with Gasteiger partial charge in [0.1, 0.15) is 18.9 Å². The molecule has 0 bridgehead atoms. The van der Waals surface area contributed by atoms with E-state index in [4.69, 9.17) is 14.2 Å². The van der Waals surface area contributed by atoms with E-state index in [2.05, 4.69) is 10.3 Å². The van der Waals surface area contributed by atoms with Crippen LogP contribution in [0, 0.1) is 13.8 Å². The number of amides is 1. The van der Waals surface area contributed by atoms with Gasteiger partial charge in [0.2, 0.25) is 5.91 Å². The predicted molar refractivity (Wildman–Crippen MR) is 101 cm³/mol. The molecule has 1 aromatic carbocycles. The molecule has 0 saturated heterocycles. The van der Waals surface area contributed by atoms with Gasteiger partial charge in [-0.3, -0.25) is 4.79 Å². The Morgan fingerprint density at radius 2 is 1.93 bits per heavy atom. The number of aryl methyl sites for hydroxylation is 1. The van der Waals surface area contributed by atoms with Gasteiger partial charge < -0.3 is 24.5 Å². The topological polar surface area (TPSA) is 89.7 Å². The van der Waals surface area contributed by atoms with E-state index in [0.29, 0.717) is 55.5 Å². The molecular formula is C20H24N2O5. The van der Waals surface area contributed by atoms with Crippen LogP contribution in [0.5, 0.6) is 11.5 Å². The minimum atomic E-state index is -0.370. The zero-order valence-corrected chi connectivity index (χ0v) is 15.8. The Morgan fingerprint density at radius 1 is 1.19 bits per heavy atom. The summed E-state index contributed by atoms with van der Waals surface area (Å²) < 4.78 is 16.1. The highest BCUT2D eigenvalue weighted by atomic mass is 16.6. The fourth-order valence-corrected chi connectivity index (χ4v) is 3.15. The molecular weight excluding hydrogens is 348 g/mol. The minimum Gasteiger partial charge on any atom is -0.486 e. The molecule has 1 amide bonds. The van der Waals surface area contributed by atoms with E-state index in [9.17, 15) is 9.59 Å². The van der Waals surface area contributed by atoms with E-state index in [1.807, 2.05) is 13.8 Å². The Labute approximate surface area is 158 Å². The second-order valence-electron chi connectivity index (χ2n) is 6.36. The summed E-state index contributed by atoms with van der Waals surface area (Å²) in [5, 5.41) is 2.87. The van der Waals surface area contributed by atoms with Crippen molar-refractivity contribution in [1.29, 1.82) is 0 Å². The SMILES string of the molecule is CCOC(=O)c1[nH]c(C)c(CCC(=O)Nc2ccc3c(c2)OCCO3)c1C. The molecule has 0 unspecified atom stereocenters. The molecule has 0 saturated carbocycles. The molecule has 2 N–H and O–H groups in total. The van der Waals surface area contributed by atoms with Crippen LogP contribution in [0.15, 0.2) is 18.2 Å². The standard InChI is InChI=1S/C20H24N2O5/c1-4-25-20(24)19-12(2)15(13(3)21-19)6-8-18(23)22-14-5-7-16-17(11-14)27-10-9-26-16/h5,7,11,21H,4,6,8-10H2,1-3H3,(H,22,23). The number of esters is 1. The largest absolute Gasteiger partial charge is 0.486 e. The number of hydrogen-bond acceptors (Lipinski definition) is 5. The maximum atomic E-state index is 12.3. The number of anilines is 1. The van der Waals surface area contributed by atoms with Crippen molar-refractivity contribution >= 4 is 17.6 Å². The first-order valence-electron chi connectivity index (χ1n) is 9.04. The van der Waals surface area contributed by atoms with E-state index in [1.165, 1.54) is 0 Å². The van der Waals surface area contributed by atoms with Gasteiger partial charge in [-0.1, -0.05) is 0 Å². The Hall–Kier alpha value is -2.96. The van der Waals surface area contributed by atoms with Gasteiger partial charge in [0, 0.05) is 23.9 Å². The average molecular weight is 372 g/mol. The molecule has 7 nitrogen and oxygen atoms in total. The first-order valence-corrected chi connectivity index (χ1v) is 9.04. The van der Waals surface area contributed by atoms with Crippen molar-refractivity contribution in [1.82, 2.24) is 4.98 Å². The van der Waals surface area contributed by atoms with Gasteiger partial charge in [-0.05, 0) is 50.5 Å². The third kappa shape index (κ3) is 4.24. The highest BCUT2D eigenvalue weighted by Crippen LogP contribution is 2.32. The molecule has 0 atom stereocenters. The zero-order valence-electron chi connectivity index (χ0n) is 15.8. The van der Waals surface area contributed by atoms with Crippen molar-refractivity contribution in [2.24, 2.45) is 0 Å². The summed E-state index contributed by atoms with van der Waals surface area (Å²) in [5.74, 6) is 0.842. The van der Waals surface area contributed by atoms with Crippen LogP contribution in [0.2, 0.25) is 0 Å². The van der Waals surface area contributed by atoms with Crippen LogP contribution in [-0.4, -0.2) is 36.7 Å². The van der Waals surface area contributed by atoms with E-state index in [0.717, 1.165) is 16.8 Å². The Balaban J connectivity index is 1.62. The van der Waals surface area contributed by atoms with Crippen LogP contribution in [0.25, 0.3) is 0 Å². The fourth-order valence-electron chi connectivity index (χ4n) is 3.15. The van der Waals surface area contributed by atoms with Gasteiger partial charge in [-0.2, -0.15) is 0 Å². The lowest BCUT2D eigenvalue weighted by Crippen LogP contribution is -2.16. The average Bonchev–Trinajstić information content (AvgIpc) is 2.94. The smallest absolute Gasteiger partial charge is 0.355 e. The van der Waals surface area contributed by atoms with Crippen molar-refractivity contribution in [3.63, 3.8) is 0 Å². The molecule has 1 aliphatic heterocycles. The lowest BCUT2D eigenvalue weighted by atomic mass is 10.0. The summed E-state index contributed by atoms with van der Waals surface area (Å²) in [4.78, 5) is 27.4. The van der Waals surface area contributed by atoms with Crippen molar-refractivity contribution in [3.8, 4) is 11.5 Å². The summed E-state index contributed by atoms with van der Waals surface area (Å²) in [5.41, 5.74) is 3.80. The van der Waals surface area contributed by atoms with Gasteiger partial charge in [0.15, 0.2) is 11.5 Å². The molecule has 2 aromatic rings. The molecule has 3 rings (SSSR count). The summed E-state index contributed by atoms with van der Waals surface area (Å²) >= 11 is 0. The lowest BCUT2D eigenvalue weighted by molar-refractivity contribution is -0.116. The normalized spacial score (nSPS) is 12.6. The quantitative estimate of drug-likeness (QED) is 0.761. The van der Waals surface area contributed by atoms with Crippen LogP contribution in [0.4, 0.5) is 5.69 Å². The Kier molecular flexibility index (Phi) is 5.69. The van der Waals surface area contributed by atoms with E-state index in [1.54, 1.807) is 25.1 Å². The number of fused-ring (bicyclic) bond motifs is 1. The number of carbonyl (C=O) groups excluding carboxylic acids is 2. The van der Waals surface area contributed by atoms with E-state index in [-0.39, 0.29) is 11.9 Å². The molecule has 27 heavy (non-hydrogen) atoms. The van der Waals surface area contributed by atoms with Crippen LogP contribution in [0.1, 0.15) is 40.7 Å². The number of H-pyrrole nitrogens is 1. The fraction of sp³-hybridized carbons (Fsp3) is 0.400. The highest BCUT2D eigenvalue weighted by molar-refractivity contribution is 5.92. The summed E-state index contributed by atoms with van der Waals surface area (Å²) in [6.45, 7) is 6.88. The maximum Gasteiger partial charge on any atom is 0.355 e. The van der Waals surface area contributed by atoms with E-state index < -0.39 is 0 Å². The Bertz CT molecular complexity index is 856. The Morgan fingerprint density at radius 3 is 2.67 bits per heavy atom. The molecule has 0 radical (unpaired) electrons. The monoisotopic (exact) mass is 372 g/mol. The first kappa shape index (κ1) is 18.8. The van der Waals surface area contributed by atoms with Gasteiger partial charge in [-0.15, -0.1) is 0 Å². The van der Waals surface area contributed by atoms with E-state index >= 15 is 0 Å².